The van der Waals surface area contributed by atoms with E-state index >= 15 is 0 Å². The molecule has 3 rings (SSSR count). The van der Waals surface area contributed by atoms with Gasteiger partial charge >= 0.3 is 12.2 Å². The highest BCUT2D eigenvalue weighted by Gasteiger charge is 2.37. The van der Waals surface area contributed by atoms with E-state index in [2.05, 4.69) is 15.5 Å². The van der Waals surface area contributed by atoms with E-state index in [1.165, 1.54) is 6.07 Å². The van der Waals surface area contributed by atoms with Gasteiger partial charge < -0.3 is 15.4 Å². The maximum Gasteiger partial charge on any atom is 0.417 e. The average Bonchev–Trinajstić information content (AvgIpc) is 2.89. The van der Waals surface area contributed by atoms with Crippen molar-refractivity contribution in [3.05, 3.63) is 28.8 Å². The van der Waals surface area contributed by atoms with Crippen molar-refractivity contribution in [2.75, 3.05) is 25.0 Å². The molecule has 0 aromatic heterocycles. The maximum atomic E-state index is 12.9. The van der Waals surface area contributed by atoms with E-state index in [0.717, 1.165) is 25.1 Å². The fourth-order valence-corrected chi connectivity index (χ4v) is 3.54. The number of carbonyl (C=O) groups is 1. The summed E-state index contributed by atoms with van der Waals surface area (Å²) in [5, 5.41) is 4.85. The molecule has 2 aliphatic heterocycles. The number of urea groups is 1. The minimum absolute atomic E-state index is 0.0434. The first-order valence-corrected chi connectivity index (χ1v) is 8.40. The summed E-state index contributed by atoms with van der Waals surface area (Å²) in [4.78, 5) is 14.4. The number of nitrogens with zero attached hydrogens (tertiary/aromatic N) is 1. The fourth-order valence-electron chi connectivity index (χ4n) is 3.32. The van der Waals surface area contributed by atoms with Gasteiger partial charge in [-0.2, -0.15) is 13.2 Å². The molecule has 2 fully saturated rings. The number of hydrogen-bond acceptors (Lipinski definition) is 3. The molecule has 1 aromatic rings. The Hall–Kier alpha value is -1.51. The minimum Gasteiger partial charge on any atom is -0.376 e. The standard InChI is InChI=1S/C16H19ClF3N3O2/c1-9-6-23-7-11(4-12(23)8-25-9)22-15(24)21-10-2-3-14(17)13(5-10)16(18,19)20/h2-3,5,9,11-12H,4,6-8H2,1H3,(H2,21,22,24)/t9-,11-,12+/m1/s1. The van der Waals surface area contributed by atoms with Gasteiger partial charge in [0.25, 0.3) is 0 Å². The molecule has 2 saturated heterocycles. The summed E-state index contributed by atoms with van der Waals surface area (Å²) in [5.41, 5.74) is -0.932. The first-order chi connectivity index (χ1) is 11.7. The molecule has 0 radical (unpaired) electrons. The monoisotopic (exact) mass is 377 g/mol. The van der Waals surface area contributed by atoms with Crippen LogP contribution in [0.4, 0.5) is 23.7 Å². The molecule has 25 heavy (non-hydrogen) atoms. The van der Waals surface area contributed by atoms with Gasteiger partial charge in [0.15, 0.2) is 0 Å². The summed E-state index contributed by atoms with van der Waals surface area (Å²) in [6.07, 6.45) is -3.65. The predicted octanol–water partition coefficient (Wildman–Crippen LogP) is 3.34. The molecule has 2 heterocycles. The third-order valence-electron chi connectivity index (χ3n) is 4.46. The van der Waals surface area contributed by atoms with Gasteiger partial charge in [0.05, 0.1) is 23.3 Å². The van der Waals surface area contributed by atoms with Crippen molar-refractivity contribution in [1.29, 1.82) is 0 Å². The van der Waals surface area contributed by atoms with Gasteiger partial charge in [-0.05, 0) is 31.5 Å². The Morgan fingerprint density at radius 1 is 1.36 bits per heavy atom. The summed E-state index contributed by atoms with van der Waals surface area (Å²) in [6, 6.07) is 2.96. The van der Waals surface area contributed by atoms with Crippen molar-refractivity contribution >= 4 is 23.3 Å². The van der Waals surface area contributed by atoms with Crippen LogP contribution in [-0.4, -0.2) is 48.8 Å². The quantitative estimate of drug-likeness (QED) is 0.831. The van der Waals surface area contributed by atoms with Gasteiger partial charge in [0.1, 0.15) is 0 Å². The van der Waals surface area contributed by atoms with Crippen molar-refractivity contribution in [1.82, 2.24) is 10.2 Å². The molecule has 138 valence electrons. The number of amides is 2. The van der Waals surface area contributed by atoms with Gasteiger partial charge in [-0.15, -0.1) is 0 Å². The third kappa shape index (κ3) is 4.37. The average molecular weight is 378 g/mol. The van der Waals surface area contributed by atoms with Gasteiger partial charge in [-0.25, -0.2) is 4.79 Å². The molecule has 0 saturated carbocycles. The first-order valence-electron chi connectivity index (χ1n) is 8.02. The summed E-state index contributed by atoms with van der Waals surface area (Å²) in [7, 11) is 0. The zero-order valence-electron chi connectivity index (χ0n) is 13.6. The highest BCUT2D eigenvalue weighted by atomic mass is 35.5. The smallest absolute Gasteiger partial charge is 0.376 e. The van der Waals surface area contributed by atoms with E-state index in [-0.39, 0.29) is 23.9 Å². The number of halogens is 4. The molecule has 2 amide bonds. The predicted molar refractivity (Wildman–Crippen MR) is 87.8 cm³/mol. The highest BCUT2D eigenvalue weighted by molar-refractivity contribution is 6.31. The van der Waals surface area contributed by atoms with Crippen LogP contribution in [0.1, 0.15) is 18.9 Å². The van der Waals surface area contributed by atoms with Crippen molar-refractivity contribution in [2.24, 2.45) is 0 Å². The number of morpholine rings is 1. The lowest BCUT2D eigenvalue weighted by molar-refractivity contribution is -0.137. The summed E-state index contributed by atoms with van der Waals surface area (Å²) < 4.78 is 44.2. The van der Waals surface area contributed by atoms with Crippen molar-refractivity contribution in [2.45, 2.75) is 37.7 Å². The van der Waals surface area contributed by atoms with Crippen LogP contribution >= 0.6 is 11.6 Å². The number of carbonyl (C=O) groups excluding carboxylic acids is 1. The van der Waals surface area contributed by atoms with Crippen LogP contribution in [0.25, 0.3) is 0 Å². The lowest BCUT2D eigenvalue weighted by atomic mass is 10.1. The van der Waals surface area contributed by atoms with Crippen LogP contribution in [0.3, 0.4) is 0 Å². The zero-order valence-corrected chi connectivity index (χ0v) is 14.3. The molecule has 3 atom stereocenters. The Morgan fingerprint density at radius 2 is 2.12 bits per heavy atom. The highest BCUT2D eigenvalue weighted by Crippen LogP contribution is 2.36. The molecular formula is C16H19ClF3N3O2. The molecule has 0 spiro atoms. The second-order valence-corrected chi connectivity index (χ2v) is 6.88. The Balaban J connectivity index is 1.58. The molecular weight excluding hydrogens is 359 g/mol. The lowest BCUT2D eigenvalue weighted by Gasteiger charge is -2.33. The second kappa shape index (κ2) is 7.01. The molecule has 0 aliphatic carbocycles. The number of ether oxygens (including phenoxy) is 1. The molecule has 9 heteroatoms. The molecule has 0 unspecified atom stereocenters. The number of hydrogen-bond donors (Lipinski definition) is 2. The molecule has 0 bridgehead atoms. The topological polar surface area (TPSA) is 53.6 Å². The number of fused-ring (bicyclic) bond motifs is 1. The van der Waals surface area contributed by atoms with Gasteiger partial charge in [0.2, 0.25) is 0 Å². The van der Waals surface area contributed by atoms with Crippen LogP contribution < -0.4 is 10.6 Å². The molecule has 5 nitrogen and oxygen atoms in total. The Kier molecular flexibility index (Phi) is 5.13. The second-order valence-electron chi connectivity index (χ2n) is 6.48. The van der Waals surface area contributed by atoms with Gasteiger partial charge in [0, 0.05) is 30.9 Å². The lowest BCUT2D eigenvalue weighted by Crippen LogP contribution is -2.45. The van der Waals surface area contributed by atoms with Crippen molar-refractivity contribution < 1.29 is 22.7 Å². The van der Waals surface area contributed by atoms with Crippen molar-refractivity contribution in [3.63, 3.8) is 0 Å². The number of alkyl halides is 3. The summed E-state index contributed by atoms with van der Waals surface area (Å²) in [6.45, 7) is 4.16. The largest absolute Gasteiger partial charge is 0.417 e. The fraction of sp³-hybridized carbons (Fsp3) is 0.562. The van der Waals surface area contributed by atoms with Crippen molar-refractivity contribution in [3.8, 4) is 0 Å². The first kappa shape index (κ1) is 18.3. The van der Waals surface area contributed by atoms with E-state index in [1.54, 1.807) is 0 Å². The van der Waals surface area contributed by atoms with Crippen LogP contribution in [0.2, 0.25) is 5.02 Å². The molecule has 2 N–H and O–H groups in total. The van der Waals surface area contributed by atoms with E-state index in [9.17, 15) is 18.0 Å². The van der Waals surface area contributed by atoms with E-state index in [0.29, 0.717) is 13.2 Å². The molecule has 2 aliphatic rings. The van der Waals surface area contributed by atoms with E-state index in [1.807, 2.05) is 6.92 Å². The Morgan fingerprint density at radius 3 is 2.84 bits per heavy atom. The van der Waals surface area contributed by atoms with Crippen LogP contribution in [0.15, 0.2) is 18.2 Å². The van der Waals surface area contributed by atoms with E-state index in [4.69, 9.17) is 16.3 Å². The third-order valence-corrected chi connectivity index (χ3v) is 4.79. The normalized spacial score (nSPS) is 27.0. The number of anilines is 1. The minimum atomic E-state index is -4.57. The van der Waals surface area contributed by atoms with Crippen LogP contribution in [0.5, 0.6) is 0 Å². The summed E-state index contributed by atoms with van der Waals surface area (Å²) >= 11 is 5.57. The summed E-state index contributed by atoms with van der Waals surface area (Å²) in [5.74, 6) is 0. The zero-order chi connectivity index (χ0) is 18.2. The van der Waals surface area contributed by atoms with Gasteiger partial charge in [-0.3, -0.25) is 4.90 Å². The van der Waals surface area contributed by atoms with Crippen LogP contribution in [0, 0.1) is 0 Å². The van der Waals surface area contributed by atoms with Gasteiger partial charge in [-0.1, -0.05) is 11.6 Å². The number of nitrogens with one attached hydrogen (secondary N) is 2. The number of benzene rings is 1. The Bertz CT molecular complexity index is 656. The number of rotatable bonds is 2. The SMILES string of the molecule is C[C@@H]1CN2C[C@H](NC(=O)Nc3ccc(Cl)c(C(F)(F)F)c3)C[C@H]2CO1. The maximum absolute atomic E-state index is 12.9. The molecule has 1 aromatic carbocycles. The van der Waals surface area contributed by atoms with E-state index < -0.39 is 22.8 Å². The Labute approximate surface area is 148 Å². The van der Waals surface area contributed by atoms with Crippen LogP contribution in [-0.2, 0) is 10.9 Å².